The third kappa shape index (κ3) is 2.38. The van der Waals surface area contributed by atoms with E-state index in [4.69, 9.17) is 0 Å². The van der Waals surface area contributed by atoms with Crippen LogP contribution in [0.1, 0.15) is 17.7 Å². The predicted octanol–water partition coefficient (Wildman–Crippen LogP) is 2.15. The molecule has 0 saturated heterocycles. The van der Waals surface area contributed by atoms with Gasteiger partial charge in [0, 0.05) is 12.4 Å². The molecule has 0 radical (unpaired) electrons. The standard InChI is InChI=1S/C12H11FN2O2S/c1-9(10-3-2-4-11(13)7-10)18(16,17)12-8-14-5-6-15-12/h2-9H,1H3. The van der Waals surface area contributed by atoms with Crippen molar-refractivity contribution in [2.24, 2.45) is 0 Å². The molecule has 0 aliphatic heterocycles. The normalized spacial score (nSPS) is 13.2. The van der Waals surface area contributed by atoms with Crippen LogP contribution in [-0.2, 0) is 9.84 Å². The van der Waals surface area contributed by atoms with Crippen LogP contribution in [0.15, 0.2) is 47.9 Å². The smallest absolute Gasteiger partial charge is 0.203 e. The molecule has 0 N–H and O–H groups in total. The summed E-state index contributed by atoms with van der Waals surface area (Å²) in [5.74, 6) is -0.464. The summed E-state index contributed by atoms with van der Waals surface area (Å²) in [6.07, 6.45) is 3.89. The van der Waals surface area contributed by atoms with Crippen molar-refractivity contribution >= 4 is 9.84 Å². The maximum absolute atomic E-state index is 13.1. The molecule has 1 aromatic heterocycles. The molecule has 1 heterocycles. The van der Waals surface area contributed by atoms with Crippen molar-refractivity contribution in [3.8, 4) is 0 Å². The Hall–Kier alpha value is -1.82. The Bertz CT molecular complexity index is 644. The van der Waals surface area contributed by atoms with E-state index in [1.165, 1.54) is 43.7 Å². The molecule has 1 aromatic carbocycles. The van der Waals surface area contributed by atoms with Gasteiger partial charge in [-0.2, -0.15) is 0 Å². The van der Waals surface area contributed by atoms with Crippen molar-refractivity contribution in [2.45, 2.75) is 17.2 Å². The minimum Gasteiger partial charge on any atom is -0.260 e. The minimum absolute atomic E-state index is 0.109. The number of sulfone groups is 1. The predicted molar refractivity (Wildman–Crippen MR) is 64.0 cm³/mol. The van der Waals surface area contributed by atoms with Crippen LogP contribution in [0.2, 0.25) is 0 Å². The lowest BCUT2D eigenvalue weighted by atomic mass is 10.2. The molecule has 1 unspecified atom stereocenters. The Kier molecular flexibility index (Phi) is 3.38. The third-order valence-corrected chi connectivity index (χ3v) is 4.61. The number of aromatic nitrogens is 2. The second-order valence-electron chi connectivity index (χ2n) is 3.79. The highest BCUT2D eigenvalue weighted by Crippen LogP contribution is 2.27. The summed E-state index contributed by atoms with van der Waals surface area (Å²) >= 11 is 0. The number of hydrogen-bond acceptors (Lipinski definition) is 4. The quantitative estimate of drug-likeness (QED) is 0.854. The van der Waals surface area contributed by atoms with Crippen LogP contribution in [0.5, 0.6) is 0 Å². The summed E-state index contributed by atoms with van der Waals surface area (Å²) in [6, 6.07) is 5.53. The highest BCUT2D eigenvalue weighted by atomic mass is 32.2. The topological polar surface area (TPSA) is 59.9 Å². The van der Waals surface area contributed by atoms with E-state index in [-0.39, 0.29) is 5.03 Å². The van der Waals surface area contributed by atoms with E-state index in [0.29, 0.717) is 5.56 Å². The van der Waals surface area contributed by atoms with E-state index in [1.807, 2.05) is 0 Å². The summed E-state index contributed by atoms with van der Waals surface area (Å²) in [6.45, 7) is 1.50. The van der Waals surface area contributed by atoms with Crippen LogP contribution in [-0.4, -0.2) is 18.4 Å². The van der Waals surface area contributed by atoms with Gasteiger partial charge in [0.1, 0.15) is 5.82 Å². The molecule has 1 atom stereocenters. The largest absolute Gasteiger partial charge is 0.260 e. The molecular weight excluding hydrogens is 255 g/mol. The lowest BCUT2D eigenvalue weighted by Gasteiger charge is -2.12. The molecule has 0 saturated carbocycles. The molecule has 0 bridgehead atoms. The second-order valence-corrected chi connectivity index (χ2v) is 6.00. The van der Waals surface area contributed by atoms with E-state index < -0.39 is 20.9 Å². The first-order valence-electron chi connectivity index (χ1n) is 5.27. The lowest BCUT2D eigenvalue weighted by molar-refractivity contribution is 0.580. The maximum Gasteiger partial charge on any atom is 0.203 e. The zero-order chi connectivity index (χ0) is 13.2. The summed E-state index contributed by atoms with van der Waals surface area (Å²) in [4.78, 5) is 7.50. The van der Waals surface area contributed by atoms with Crippen LogP contribution in [0, 0.1) is 5.82 Å². The van der Waals surface area contributed by atoms with Crippen molar-refractivity contribution in [1.29, 1.82) is 0 Å². The van der Waals surface area contributed by atoms with Gasteiger partial charge in [0.2, 0.25) is 9.84 Å². The summed E-state index contributed by atoms with van der Waals surface area (Å²) < 4.78 is 37.5. The van der Waals surface area contributed by atoms with Crippen LogP contribution in [0.4, 0.5) is 4.39 Å². The summed E-state index contributed by atoms with van der Waals surface area (Å²) in [7, 11) is -3.65. The highest BCUT2D eigenvalue weighted by molar-refractivity contribution is 7.91. The Balaban J connectivity index is 2.43. The van der Waals surface area contributed by atoms with Crippen molar-refractivity contribution in [3.63, 3.8) is 0 Å². The molecule has 6 heteroatoms. The Morgan fingerprint density at radius 1 is 1.28 bits per heavy atom. The Morgan fingerprint density at radius 3 is 2.67 bits per heavy atom. The lowest BCUT2D eigenvalue weighted by Crippen LogP contribution is -2.12. The van der Waals surface area contributed by atoms with E-state index >= 15 is 0 Å². The second kappa shape index (κ2) is 4.81. The van der Waals surface area contributed by atoms with E-state index in [2.05, 4.69) is 9.97 Å². The van der Waals surface area contributed by atoms with Gasteiger partial charge in [0.15, 0.2) is 5.03 Å². The summed E-state index contributed by atoms with van der Waals surface area (Å²) in [5, 5.41) is -0.980. The first-order chi connectivity index (χ1) is 8.51. The average Bonchev–Trinajstić information content (AvgIpc) is 2.39. The minimum atomic E-state index is -3.65. The fourth-order valence-corrected chi connectivity index (χ4v) is 2.83. The molecule has 4 nitrogen and oxygen atoms in total. The molecule has 0 aliphatic carbocycles. The van der Waals surface area contributed by atoms with E-state index in [1.54, 1.807) is 6.07 Å². The first-order valence-corrected chi connectivity index (χ1v) is 6.82. The van der Waals surface area contributed by atoms with E-state index in [9.17, 15) is 12.8 Å². The van der Waals surface area contributed by atoms with Crippen molar-refractivity contribution in [1.82, 2.24) is 9.97 Å². The van der Waals surface area contributed by atoms with Gasteiger partial charge in [-0.15, -0.1) is 0 Å². The molecule has 0 aliphatic rings. The van der Waals surface area contributed by atoms with Crippen molar-refractivity contribution < 1.29 is 12.8 Å². The molecular formula is C12H11FN2O2S. The SMILES string of the molecule is CC(c1cccc(F)c1)S(=O)(=O)c1cnccn1. The average molecular weight is 266 g/mol. The van der Waals surface area contributed by atoms with Crippen molar-refractivity contribution in [2.75, 3.05) is 0 Å². The zero-order valence-corrected chi connectivity index (χ0v) is 10.4. The van der Waals surface area contributed by atoms with Crippen molar-refractivity contribution in [3.05, 3.63) is 54.2 Å². The third-order valence-electron chi connectivity index (χ3n) is 2.61. The van der Waals surface area contributed by atoms with Gasteiger partial charge in [-0.25, -0.2) is 17.8 Å². The highest BCUT2D eigenvalue weighted by Gasteiger charge is 2.26. The van der Waals surface area contributed by atoms with Crippen LogP contribution < -0.4 is 0 Å². The van der Waals surface area contributed by atoms with Crippen LogP contribution in [0.3, 0.4) is 0 Å². The summed E-state index contributed by atoms with van der Waals surface area (Å²) in [5.41, 5.74) is 0.389. The Morgan fingerprint density at radius 2 is 2.06 bits per heavy atom. The van der Waals surface area contributed by atoms with Crippen LogP contribution >= 0.6 is 0 Å². The van der Waals surface area contributed by atoms with Gasteiger partial charge in [0.05, 0.1) is 11.4 Å². The number of hydrogen-bond donors (Lipinski definition) is 0. The first kappa shape index (κ1) is 12.6. The number of rotatable bonds is 3. The monoisotopic (exact) mass is 266 g/mol. The van der Waals surface area contributed by atoms with Gasteiger partial charge >= 0.3 is 0 Å². The molecule has 2 aromatic rings. The van der Waals surface area contributed by atoms with Gasteiger partial charge in [-0.05, 0) is 24.6 Å². The maximum atomic E-state index is 13.1. The van der Waals surface area contributed by atoms with Gasteiger partial charge in [-0.3, -0.25) is 4.98 Å². The number of benzene rings is 1. The fourth-order valence-electron chi connectivity index (χ4n) is 1.55. The number of halogens is 1. The zero-order valence-electron chi connectivity index (χ0n) is 9.62. The molecule has 2 rings (SSSR count). The molecule has 18 heavy (non-hydrogen) atoms. The van der Waals surface area contributed by atoms with Gasteiger partial charge in [-0.1, -0.05) is 12.1 Å². The molecule has 94 valence electrons. The number of nitrogens with zero attached hydrogens (tertiary/aromatic N) is 2. The fraction of sp³-hybridized carbons (Fsp3) is 0.167. The molecule has 0 amide bonds. The molecule has 0 spiro atoms. The Labute approximate surface area is 104 Å². The van der Waals surface area contributed by atoms with Crippen LogP contribution in [0.25, 0.3) is 0 Å². The van der Waals surface area contributed by atoms with Gasteiger partial charge < -0.3 is 0 Å². The molecule has 0 fully saturated rings. The van der Waals surface area contributed by atoms with Gasteiger partial charge in [0.25, 0.3) is 0 Å². The van der Waals surface area contributed by atoms with E-state index in [0.717, 1.165) is 0 Å².